The van der Waals surface area contributed by atoms with E-state index in [4.69, 9.17) is 10.5 Å². The fourth-order valence-corrected chi connectivity index (χ4v) is 2.20. The molecule has 1 atom stereocenters. The predicted molar refractivity (Wildman–Crippen MR) is 55.3 cm³/mol. The Labute approximate surface area is 84.1 Å². The van der Waals surface area contributed by atoms with Gasteiger partial charge in [-0.3, -0.25) is 0 Å². The van der Waals surface area contributed by atoms with Gasteiger partial charge in [0.15, 0.2) is 0 Å². The van der Waals surface area contributed by atoms with Gasteiger partial charge >= 0.3 is 0 Å². The highest BCUT2D eigenvalue weighted by Crippen LogP contribution is 2.42. The minimum absolute atomic E-state index is 0.00642. The van der Waals surface area contributed by atoms with Crippen molar-refractivity contribution in [3.63, 3.8) is 0 Å². The number of hydrogen-bond donors (Lipinski definition) is 1. The van der Waals surface area contributed by atoms with Gasteiger partial charge in [0.2, 0.25) is 0 Å². The van der Waals surface area contributed by atoms with Gasteiger partial charge in [-0.15, -0.1) is 0 Å². The van der Waals surface area contributed by atoms with Crippen LogP contribution in [0.2, 0.25) is 0 Å². The molecule has 1 saturated carbocycles. The molecule has 2 N–H and O–H groups in total. The Morgan fingerprint density at radius 3 is 2.86 bits per heavy atom. The molecule has 1 aromatic carbocycles. The van der Waals surface area contributed by atoms with E-state index in [1.165, 1.54) is 5.56 Å². The second kappa shape index (κ2) is 2.74. The fourth-order valence-electron chi connectivity index (χ4n) is 2.20. The summed E-state index contributed by atoms with van der Waals surface area (Å²) in [5, 5.41) is 0. The molecule has 0 saturated heterocycles. The van der Waals surface area contributed by atoms with Crippen LogP contribution in [0.1, 0.15) is 24.8 Å². The number of ether oxygens (including phenoxy) is 1. The summed E-state index contributed by atoms with van der Waals surface area (Å²) >= 11 is 0. The molecule has 1 fully saturated rings. The first-order valence-corrected chi connectivity index (χ1v) is 5.31. The lowest BCUT2D eigenvalue weighted by Crippen LogP contribution is -2.43. The molecule has 1 aromatic rings. The average molecular weight is 189 g/mol. The number of fused-ring (bicyclic) bond motifs is 1. The van der Waals surface area contributed by atoms with Crippen LogP contribution in [0, 0.1) is 0 Å². The van der Waals surface area contributed by atoms with Gasteiger partial charge in [0.1, 0.15) is 11.9 Å². The van der Waals surface area contributed by atoms with E-state index in [-0.39, 0.29) is 11.6 Å². The van der Waals surface area contributed by atoms with Crippen LogP contribution in [-0.4, -0.2) is 11.6 Å². The molecular formula is C12H15NO. The van der Waals surface area contributed by atoms with Crippen LogP contribution < -0.4 is 10.5 Å². The molecule has 2 heteroatoms. The van der Waals surface area contributed by atoms with Crippen LogP contribution >= 0.6 is 0 Å². The second-order valence-electron chi connectivity index (χ2n) is 4.49. The first kappa shape index (κ1) is 8.30. The van der Waals surface area contributed by atoms with E-state index in [0.717, 1.165) is 31.4 Å². The highest BCUT2D eigenvalue weighted by molar-refractivity contribution is 5.36. The SMILES string of the molecule is NC1(C2CCc3ccccc3O2)CC1. The Balaban J connectivity index is 1.86. The molecule has 0 amide bonds. The third kappa shape index (κ3) is 1.22. The topological polar surface area (TPSA) is 35.2 Å². The number of para-hydroxylation sites is 1. The molecule has 1 heterocycles. The summed E-state index contributed by atoms with van der Waals surface area (Å²) in [6, 6.07) is 8.28. The Morgan fingerprint density at radius 1 is 1.29 bits per heavy atom. The van der Waals surface area contributed by atoms with Crippen molar-refractivity contribution in [2.75, 3.05) is 0 Å². The minimum Gasteiger partial charge on any atom is -0.488 e. The van der Waals surface area contributed by atoms with Crippen molar-refractivity contribution in [1.82, 2.24) is 0 Å². The zero-order chi connectivity index (χ0) is 9.60. The van der Waals surface area contributed by atoms with Gasteiger partial charge in [-0.1, -0.05) is 18.2 Å². The quantitative estimate of drug-likeness (QED) is 0.732. The summed E-state index contributed by atoms with van der Waals surface area (Å²) < 4.78 is 5.93. The van der Waals surface area contributed by atoms with Crippen molar-refractivity contribution in [2.24, 2.45) is 5.73 Å². The summed E-state index contributed by atoms with van der Waals surface area (Å²) in [6.45, 7) is 0. The fraction of sp³-hybridized carbons (Fsp3) is 0.500. The molecule has 1 aliphatic heterocycles. The van der Waals surface area contributed by atoms with Crippen molar-refractivity contribution >= 4 is 0 Å². The van der Waals surface area contributed by atoms with Crippen molar-refractivity contribution < 1.29 is 4.74 Å². The van der Waals surface area contributed by atoms with E-state index in [1.54, 1.807) is 0 Å². The van der Waals surface area contributed by atoms with Crippen molar-refractivity contribution in [2.45, 2.75) is 37.3 Å². The molecule has 0 radical (unpaired) electrons. The highest BCUT2D eigenvalue weighted by atomic mass is 16.5. The minimum atomic E-state index is -0.00642. The molecule has 3 rings (SSSR count). The number of hydrogen-bond acceptors (Lipinski definition) is 2. The van der Waals surface area contributed by atoms with Crippen molar-refractivity contribution in [1.29, 1.82) is 0 Å². The summed E-state index contributed by atoms with van der Waals surface area (Å²) in [6.07, 6.45) is 4.69. The summed E-state index contributed by atoms with van der Waals surface area (Å²) in [7, 11) is 0. The molecule has 2 aliphatic rings. The molecule has 1 aliphatic carbocycles. The van der Waals surface area contributed by atoms with E-state index >= 15 is 0 Å². The van der Waals surface area contributed by atoms with Gasteiger partial charge in [0.25, 0.3) is 0 Å². The lowest BCUT2D eigenvalue weighted by Gasteiger charge is -2.30. The predicted octanol–water partition coefficient (Wildman–Crippen LogP) is 1.87. The van der Waals surface area contributed by atoms with Crippen LogP contribution in [0.4, 0.5) is 0 Å². The maximum Gasteiger partial charge on any atom is 0.123 e. The van der Waals surface area contributed by atoms with Crippen LogP contribution in [0.5, 0.6) is 5.75 Å². The van der Waals surface area contributed by atoms with Crippen LogP contribution in [0.3, 0.4) is 0 Å². The van der Waals surface area contributed by atoms with Gasteiger partial charge < -0.3 is 10.5 Å². The van der Waals surface area contributed by atoms with Gasteiger partial charge in [-0.2, -0.15) is 0 Å². The average Bonchev–Trinajstić information content (AvgIpc) is 2.97. The number of rotatable bonds is 1. The molecule has 1 unspecified atom stereocenters. The largest absolute Gasteiger partial charge is 0.488 e. The molecule has 0 bridgehead atoms. The lowest BCUT2D eigenvalue weighted by molar-refractivity contribution is 0.135. The first-order chi connectivity index (χ1) is 6.78. The van der Waals surface area contributed by atoms with E-state index in [9.17, 15) is 0 Å². The van der Waals surface area contributed by atoms with Crippen LogP contribution in [0.15, 0.2) is 24.3 Å². The van der Waals surface area contributed by atoms with Crippen LogP contribution in [0.25, 0.3) is 0 Å². The Bertz CT molecular complexity index is 357. The van der Waals surface area contributed by atoms with E-state index < -0.39 is 0 Å². The Hall–Kier alpha value is -1.02. The zero-order valence-corrected chi connectivity index (χ0v) is 8.20. The normalized spacial score (nSPS) is 27.6. The molecule has 14 heavy (non-hydrogen) atoms. The smallest absolute Gasteiger partial charge is 0.123 e. The lowest BCUT2D eigenvalue weighted by atomic mass is 9.97. The van der Waals surface area contributed by atoms with Crippen molar-refractivity contribution in [3.05, 3.63) is 29.8 Å². The summed E-state index contributed by atoms with van der Waals surface area (Å²) in [5.74, 6) is 1.04. The third-order valence-corrected chi connectivity index (χ3v) is 3.39. The third-order valence-electron chi connectivity index (χ3n) is 3.39. The van der Waals surface area contributed by atoms with Gasteiger partial charge in [0, 0.05) is 0 Å². The van der Waals surface area contributed by atoms with Gasteiger partial charge in [-0.05, 0) is 37.3 Å². The second-order valence-corrected chi connectivity index (χ2v) is 4.49. The monoisotopic (exact) mass is 189 g/mol. The molecular weight excluding hydrogens is 174 g/mol. The maximum absolute atomic E-state index is 6.15. The molecule has 0 aromatic heterocycles. The van der Waals surface area contributed by atoms with Crippen LogP contribution in [-0.2, 0) is 6.42 Å². The maximum atomic E-state index is 6.15. The van der Waals surface area contributed by atoms with Gasteiger partial charge in [0.05, 0.1) is 5.54 Å². The van der Waals surface area contributed by atoms with E-state index in [1.807, 2.05) is 12.1 Å². The van der Waals surface area contributed by atoms with E-state index in [0.29, 0.717) is 0 Å². The van der Waals surface area contributed by atoms with Gasteiger partial charge in [-0.25, -0.2) is 0 Å². The molecule has 2 nitrogen and oxygen atoms in total. The summed E-state index contributed by atoms with van der Waals surface area (Å²) in [4.78, 5) is 0. The van der Waals surface area contributed by atoms with Crippen molar-refractivity contribution in [3.8, 4) is 5.75 Å². The molecule has 0 spiro atoms. The summed E-state index contributed by atoms with van der Waals surface area (Å²) in [5.41, 5.74) is 7.47. The number of nitrogens with two attached hydrogens (primary N) is 1. The molecule has 74 valence electrons. The number of benzene rings is 1. The zero-order valence-electron chi connectivity index (χ0n) is 8.20. The Morgan fingerprint density at radius 2 is 2.07 bits per heavy atom. The highest BCUT2D eigenvalue weighted by Gasteiger charge is 2.48. The van der Waals surface area contributed by atoms with E-state index in [2.05, 4.69) is 12.1 Å². The Kier molecular flexibility index (Phi) is 1.62. The standard InChI is InChI=1S/C12H15NO/c13-12(7-8-12)11-6-5-9-3-1-2-4-10(9)14-11/h1-4,11H,5-8,13H2. The number of aryl methyl sites for hydroxylation is 1. The first-order valence-electron chi connectivity index (χ1n) is 5.31.